The van der Waals surface area contributed by atoms with Crippen molar-refractivity contribution in [3.8, 4) is 0 Å². The third-order valence-electron chi connectivity index (χ3n) is 3.52. The van der Waals surface area contributed by atoms with Gasteiger partial charge >= 0.3 is 0 Å². The predicted molar refractivity (Wildman–Crippen MR) is 115 cm³/mol. The molecule has 0 aliphatic carbocycles. The molecule has 0 N–H and O–H groups in total. The van der Waals surface area contributed by atoms with Crippen LogP contribution in [0.1, 0.15) is 12.6 Å². The van der Waals surface area contributed by atoms with Gasteiger partial charge in [-0.05, 0) is 48.2 Å². The van der Waals surface area contributed by atoms with Crippen LogP contribution in [0, 0.1) is 0 Å². The van der Waals surface area contributed by atoms with Crippen LogP contribution in [-0.2, 0) is 9.47 Å². The molecule has 128 valence electrons. The van der Waals surface area contributed by atoms with Crippen LogP contribution >= 0.6 is 70.6 Å². The van der Waals surface area contributed by atoms with Gasteiger partial charge in [0.15, 0.2) is 0 Å². The fourth-order valence-corrected chi connectivity index (χ4v) is 11.2. The highest BCUT2D eigenvalue weighted by Gasteiger charge is 2.36. The Kier molecular flexibility index (Phi) is 4.80. The van der Waals surface area contributed by atoms with Gasteiger partial charge in [0.1, 0.15) is 13.2 Å². The van der Waals surface area contributed by atoms with Crippen molar-refractivity contribution in [2.75, 3.05) is 13.2 Å². The standard InChI is InChI=1S/C16H11NO2S6/c1-8(9-4-2-3-5-17-9)12-22-15-16(23-12)25-14(24-15)13-20-10-11(21-13)19-7-6-18-10/h2-5H,6-7H2,1H3. The van der Waals surface area contributed by atoms with Crippen LogP contribution < -0.4 is 0 Å². The summed E-state index contributed by atoms with van der Waals surface area (Å²) in [5.74, 6) is 0. The maximum absolute atomic E-state index is 5.69. The zero-order valence-corrected chi connectivity index (χ0v) is 17.8. The van der Waals surface area contributed by atoms with Gasteiger partial charge in [0.25, 0.3) is 0 Å². The first-order valence-corrected chi connectivity index (χ1v) is 12.4. The Morgan fingerprint density at radius 1 is 0.840 bits per heavy atom. The van der Waals surface area contributed by atoms with Crippen LogP contribution in [0.3, 0.4) is 0 Å². The molecular formula is C16H11NO2S6. The van der Waals surface area contributed by atoms with Gasteiger partial charge in [-0.25, -0.2) is 0 Å². The Morgan fingerprint density at radius 2 is 1.44 bits per heavy atom. The number of pyridine rings is 1. The Labute approximate surface area is 171 Å². The minimum Gasteiger partial charge on any atom is -0.480 e. The molecule has 0 atom stereocenters. The van der Waals surface area contributed by atoms with Crippen molar-refractivity contribution in [2.45, 2.75) is 6.92 Å². The number of hydrogen-bond acceptors (Lipinski definition) is 9. The molecule has 1 aromatic heterocycles. The second-order valence-electron chi connectivity index (χ2n) is 5.16. The Bertz CT molecular complexity index is 832. The van der Waals surface area contributed by atoms with Crippen molar-refractivity contribution in [2.24, 2.45) is 0 Å². The van der Waals surface area contributed by atoms with Crippen LogP contribution in [0.15, 0.2) is 55.8 Å². The van der Waals surface area contributed by atoms with Gasteiger partial charge in [-0.15, -0.1) is 0 Å². The van der Waals surface area contributed by atoms with E-state index in [1.807, 2.05) is 65.4 Å². The number of allylic oxidation sites excluding steroid dienone is 1. The van der Waals surface area contributed by atoms with Crippen LogP contribution in [-0.4, -0.2) is 18.2 Å². The fraction of sp³-hybridized carbons (Fsp3) is 0.188. The molecule has 0 spiro atoms. The highest BCUT2D eigenvalue weighted by molar-refractivity contribution is 8.49. The lowest BCUT2D eigenvalue weighted by Gasteiger charge is -2.13. The van der Waals surface area contributed by atoms with Crippen molar-refractivity contribution in [1.82, 2.24) is 4.98 Å². The average molecular weight is 442 g/mol. The van der Waals surface area contributed by atoms with Crippen molar-refractivity contribution in [3.63, 3.8) is 0 Å². The van der Waals surface area contributed by atoms with E-state index in [0.29, 0.717) is 13.2 Å². The number of rotatable bonds is 1. The molecule has 3 nitrogen and oxygen atoms in total. The maximum Gasteiger partial charge on any atom is 0.208 e. The molecule has 0 fully saturated rings. The molecule has 5 heterocycles. The first kappa shape index (κ1) is 16.9. The van der Waals surface area contributed by atoms with Crippen LogP contribution in [0.2, 0.25) is 0 Å². The summed E-state index contributed by atoms with van der Waals surface area (Å²) >= 11 is 10.9. The molecule has 0 amide bonds. The van der Waals surface area contributed by atoms with E-state index in [1.54, 1.807) is 23.5 Å². The zero-order valence-electron chi connectivity index (χ0n) is 12.9. The summed E-state index contributed by atoms with van der Waals surface area (Å²) in [6.07, 6.45) is 1.85. The van der Waals surface area contributed by atoms with E-state index in [-0.39, 0.29) is 0 Å². The van der Waals surface area contributed by atoms with Gasteiger partial charge in [-0.3, -0.25) is 4.98 Å². The normalized spacial score (nSPS) is 22.2. The molecule has 0 bridgehead atoms. The molecule has 0 saturated heterocycles. The Balaban J connectivity index is 1.31. The minimum absolute atomic E-state index is 0.650. The van der Waals surface area contributed by atoms with Crippen LogP contribution in [0.4, 0.5) is 0 Å². The van der Waals surface area contributed by atoms with Gasteiger partial charge < -0.3 is 9.47 Å². The van der Waals surface area contributed by atoms with Gasteiger partial charge in [-0.2, -0.15) is 0 Å². The molecule has 1 aromatic rings. The fourth-order valence-electron chi connectivity index (χ4n) is 2.31. The van der Waals surface area contributed by atoms with E-state index >= 15 is 0 Å². The van der Waals surface area contributed by atoms with Gasteiger partial charge in [-0.1, -0.05) is 53.1 Å². The van der Waals surface area contributed by atoms with E-state index in [0.717, 1.165) is 15.9 Å². The molecular weight excluding hydrogens is 431 g/mol. The summed E-state index contributed by atoms with van der Waals surface area (Å²) in [6, 6.07) is 6.07. The monoisotopic (exact) mass is 441 g/mol. The van der Waals surface area contributed by atoms with E-state index in [4.69, 9.17) is 9.47 Å². The topological polar surface area (TPSA) is 31.4 Å². The average Bonchev–Trinajstić information content (AvgIpc) is 3.33. The van der Waals surface area contributed by atoms with E-state index in [1.165, 1.54) is 26.8 Å². The minimum atomic E-state index is 0.650. The molecule has 0 saturated carbocycles. The molecule has 5 rings (SSSR count). The third kappa shape index (κ3) is 3.27. The summed E-state index contributed by atoms with van der Waals surface area (Å²) in [4.78, 5) is 4.47. The summed E-state index contributed by atoms with van der Waals surface area (Å²) in [6.45, 7) is 3.46. The van der Waals surface area contributed by atoms with E-state index in [2.05, 4.69) is 18.0 Å². The lowest BCUT2D eigenvalue weighted by atomic mass is 10.2. The van der Waals surface area contributed by atoms with Crippen LogP contribution in [0.5, 0.6) is 0 Å². The molecule has 0 aromatic carbocycles. The number of aromatic nitrogens is 1. The van der Waals surface area contributed by atoms with E-state index in [9.17, 15) is 0 Å². The second-order valence-corrected chi connectivity index (χ2v) is 12.5. The number of ether oxygens (including phenoxy) is 2. The van der Waals surface area contributed by atoms with Crippen molar-refractivity contribution in [1.29, 1.82) is 0 Å². The highest BCUT2D eigenvalue weighted by Crippen LogP contribution is 2.70. The van der Waals surface area contributed by atoms with E-state index < -0.39 is 0 Å². The lowest BCUT2D eigenvalue weighted by Crippen LogP contribution is -2.08. The number of nitrogens with zero attached hydrogens (tertiary/aromatic N) is 1. The quantitative estimate of drug-likeness (QED) is 0.476. The van der Waals surface area contributed by atoms with Crippen molar-refractivity contribution < 1.29 is 9.47 Å². The Morgan fingerprint density at radius 3 is 2.04 bits per heavy atom. The molecule has 4 aliphatic rings. The van der Waals surface area contributed by atoms with Gasteiger partial charge in [0.05, 0.1) is 26.9 Å². The third-order valence-corrected chi connectivity index (χ3v) is 12.3. The highest BCUT2D eigenvalue weighted by atomic mass is 32.3. The molecule has 25 heavy (non-hydrogen) atoms. The first-order valence-electron chi connectivity index (χ1n) is 7.46. The molecule has 9 heteroatoms. The summed E-state index contributed by atoms with van der Waals surface area (Å²) < 4.78 is 18.1. The predicted octanol–water partition coefficient (Wildman–Crippen LogP) is 6.64. The number of hydrogen-bond donors (Lipinski definition) is 0. The zero-order chi connectivity index (χ0) is 16.8. The maximum atomic E-state index is 5.69. The SMILES string of the molecule is CC(=C1SC2=C(SC(=C3SC4=C(OCCO4)S3)S2)S1)c1ccccn1. The van der Waals surface area contributed by atoms with Crippen molar-refractivity contribution >= 4 is 76.1 Å². The van der Waals surface area contributed by atoms with Crippen molar-refractivity contribution in [3.05, 3.63) is 61.5 Å². The molecule has 0 radical (unpaired) electrons. The first-order chi connectivity index (χ1) is 12.3. The smallest absolute Gasteiger partial charge is 0.208 e. The summed E-state index contributed by atoms with van der Waals surface area (Å²) in [7, 11) is 0. The number of thioether (sulfide) groups is 6. The van der Waals surface area contributed by atoms with Crippen LogP contribution in [0.25, 0.3) is 5.57 Å². The Hall–Kier alpha value is -0.190. The summed E-state index contributed by atoms with van der Waals surface area (Å²) in [5.41, 5.74) is 2.31. The van der Waals surface area contributed by atoms with Gasteiger partial charge in [0, 0.05) is 6.20 Å². The van der Waals surface area contributed by atoms with Gasteiger partial charge in [0.2, 0.25) is 10.2 Å². The molecule has 4 aliphatic heterocycles. The lowest BCUT2D eigenvalue weighted by molar-refractivity contribution is 0.0949. The molecule has 0 unspecified atom stereocenters. The largest absolute Gasteiger partial charge is 0.480 e. The summed E-state index contributed by atoms with van der Waals surface area (Å²) in [5, 5.41) is 1.86. The second kappa shape index (κ2) is 7.09.